The first kappa shape index (κ1) is 22.8. The molecular weight excluding hydrogens is 392 g/mol. The van der Waals surface area contributed by atoms with Crippen LogP contribution in [0.15, 0.2) is 60.1 Å². The maximum atomic E-state index is 10.8. The average molecular weight is 419 g/mol. The van der Waals surface area contributed by atoms with Crippen LogP contribution in [0.1, 0.15) is 31.9 Å². The molecule has 5 nitrogen and oxygen atoms in total. The lowest BCUT2D eigenvalue weighted by molar-refractivity contribution is -0.144. The zero-order valence-electron chi connectivity index (χ0n) is 16.9. The summed E-state index contributed by atoms with van der Waals surface area (Å²) in [7, 11) is 0. The van der Waals surface area contributed by atoms with Crippen LogP contribution in [0.2, 0.25) is 0 Å². The molecule has 2 aromatic rings. The topological polar surface area (TPSA) is 65.0 Å². The Bertz CT molecular complexity index is 797. The van der Waals surface area contributed by atoms with E-state index in [0.717, 1.165) is 16.9 Å². The van der Waals surface area contributed by atoms with Crippen molar-refractivity contribution < 1.29 is 24.1 Å². The van der Waals surface area contributed by atoms with Crippen LogP contribution in [0.3, 0.4) is 0 Å². The summed E-state index contributed by atoms with van der Waals surface area (Å²) >= 11 is 5.49. The second-order valence-electron chi connectivity index (χ2n) is 7.11. The molecule has 0 aromatic heterocycles. The van der Waals surface area contributed by atoms with E-state index in [2.05, 4.69) is 26.0 Å². The molecule has 0 fully saturated rings. The van der Waals surface area contributed by atoms with Crippen molar-refractivity contribution in [3.8, 4) is 11.5 Å². The summed E-state index contributed by atoms with van der Waals surface area (Å²) in [5, 5.41) is 9.76. The Labute approximate surface area is 176 Å². The Kier molecular flexibility index (Phi) is 8.55. The highest BCUT2D eigenvalue weighted by Gasteiger charge is 2.23. The monoisotopic (exact) mass is 418 g/mol. The second-order valence-corrected chi connectivity index (χ2v) is 7.37. The van der Waals surface area contributed by atoms with Gasteiger partial charge >= 0.3 is 5.97 Å². The van der Waals surface area contributed by atoms with Crippen LogP contribution in [0, 0.1) is 0 Å². The van der Waals surface area contributed by atoms with E-state index in [1.807, 2.05) is 36.4 Å². The fourth-order valence-electron chi connectivity index (χ4n) is 2.74. The molecule has 29 heavy (non-hydrogen) atoms. The zero-order chi connectivity index (χ0) is 21.3. The van der Waals surface area contributed by atoms with Gasteiger partial charge in [-0.3, -0.25) is 4.79 Å². The van der Waals surface area contributed by atoms with Crippen molar-refractivity contribution in [2.75, 3.05) is 19.8 Å². The predicted octanol–water partition coefficient (Wildman–Crippen LogP) is 4.45. The number of rotatable bonds is 10. The maximum absolute atomic E-state index is 10.8. The number of ether oxygens (including phenoxy) is 3. The molecule has 2 rings (SSSR count). The number of aliphatic hydroxyl groups excluding tert-OH is 1. The third-order valence-electron chi connectivity index (χ3n) is 4.51. The summed E-state index contributed by atoms with van der Waals surface area (Å²) in [6.07, 6.45) is 0.869. The number of carbonyl (C=O) groups is 1. The van der Waals surface area contributed by atoms with E-state index in [9.17, 15) is 9.90 Å². The Hall–Kier alpha value is -2.50. The Balaban J connectivity index is 1.97. The molecule has 0 radical (unpaired) electrons. The number of esters is 1. The van der Waals surface area contributed by atoms with E-state index < -0.39 is 12.1 Å². The number of halogens is 1. The van der Waals surface area contributed by atoms with Crippen molar-refractivity contribution in [1.29, 1.82) is 0 Å². The van der Waals surface area contributed by atoms with Gasteiger partial charge in [-0.1, -0.05) is 49.7 Å². The summed E-state index contributed by atoms with van der Waals surface area (Å²) in [5.74, 6) is 1.00. The predicted molar refractivity (Wildman–Crippen MR) is 114 cm³/mol. The molecule has 6 heteroatoms. The van der Waals surface area contributed by atoms with E-state index in [0.29, 0.717) is 12.4 Å². The second kappa shape index (κ2) is 10.9. The molecule has 0 heterocycles. The lowest BCUT2D eigenvalue weighted by atomic mass is 9.78. The SMILES string of the molecule is CC(=O)OCC(O)COc1ccc(C(C)(C)c2ccc(OC/C=C/Cl)cc2)cc1. The minimum absolute atomic E-state index is 0.0520. The molecule has 0 spiro atoms. The zero-order valence-corrected chi connectivity index (χ0v) is 17.7. The van der Waals surface area contributed by atoms with Crippen LogP contribution < -0.4 is 9.47 Å². The molecule has 2 aromatic carbocycles. The smallest absolute Gasteiger partial charge is 0.302 e. The largest absolute Gasteiger partial charge is 0.491 e. The van der Waals surface area contributed by atoms with E-state index in [1.165, 1.54) is 12.5 Å². The standard InChI is InChI=1S/C23H27ClO5/c1-17(25)28-15-20(26)16-29-22-11-7-19(8-12-22)23(2,3)18-5-9-21(10-6-18)27-14-4-13-24/h4-13,20,26H,14-16H2,1-3H3/b13-4+. The number of hydrogen-bond donors (Lipinski definition) is 1. The maximum Gasteiger partial charge on any atom is 0.302 e. The fraction of sp³-hybridized carbons (Fsp3) is 0.348. The average Bonchev–Trinajstić information content (AvgIpc) is 2.71. The summed E-state index contributed by atoms with van der Waals surface area (Å²) in [6, 6.07) is 15.7. The normalized spacial score (nSPS) is 12.6. The fourth-order valence-corrected chi connectivity index (χ4v) is 2.81. The van der Waals surface area contributed by atoms with Gasteiger partial charge in [0.25, 0.3) is 0 Å². The molecule has 1 N–H and O–H groups in total. The van der Waals surface area contributed by atoms with Gasteiger partial charge in [-0.25, -0.2) is 0 Å². The Morgan fingerprint density at radius 1 is 1.00 bits per heavy atom. The third-order valence-corrected chi connectivity index (χ3v) is 4.69. The molecule has 0 saturated heterocycles. The van der Waals surface area contributed by atoms with E-state index >= 15 is 0 Å². The van der Waals surface area contributed by atoms with Crippen molar-refractivity contribution >= 4 is 17.6 Å². The molecule has 0 aliphatic rings. The molecule has 0 aliphatic carbocycles. The Morgan fingerprint density at radius 2 is 1.52 bits per heavy atom. The van der Waals surface area contributed by atoms with Crippen molar-refractivity contribution in [2.45, 2.75) is 32.3 Å². The highest BCUT2D eigenvalue weighted by Crippen LogP contribution is 2.33. The molecular formula is C23H27ClO5. The van der Waals surface area contributed by atoms with Crippen LogP contribution in [-0.4, -0.2) is 37.0 Å². The Morgan fingerprint density at radius 3 is 2.00 bits per heavy atom. The lowest BCUT2D eigenvalue weighted by Crippen LogP contribution is -2.24. The van der Waals surface area contributed by atoms with E-state index in [1.54, 1.807) is 6.08 Å². The van der Waals surface area contributed by atoms with Crippen LogP contribution in [0.25, 0.3) is 0 Å². The third kappa shape index (κ3) is 7.11. The molecule has 1 unspecified atom stereocenters. The van der Waals surface area contributed by atoms with Gasteiger partial charge in [-0.2, -0.15) is 0 Å². The molecule has 0 bridgehead atoms. The van der Waals surface area contributed by atoms with Gasteiger partial charge in [-0.15, -0.1) is 0 Å². The van der Waals surface area contributed by atoms with Gasteiger partial charge in [0.15, 0.2) is 0 Å². The molecule has 1 atom stereocenters. The van der Waals surface area contributed by atoms with Crippen molar-refractivity contribution in [3.63, 3.8) is 0 Å². The first-order valence-corrected chi connectivity index (χ1v) is 9.80. The summed E-state index contributed by atoms with van der Waals surface area (Å²) in [6.45, 7) is 6.01. The number of hydrogen-bond acceptors (Lipinski definition) is 5. The van der Waals surface area contributed by atoms with Crippen LogP contribution >= 0.6 is 11.6 Å². The highest BCUT2D eigenvalue weighted by atomic mass is 35.5. The summed E-state index contributed by atoms with van der Waals surface area (Å²) in [4.78, 5) is 10.8. The molecule has 0 aliphatic heterocycles. The highest BCUT2D eigenvalue weighted by molar-refractivity contribution is 6.25. The van der Waals surface area contributed by atoms with Crippen LogP contribution in [-0.2, 0) is 14.9 Å². The number of aliphatic hydroxyl groups is 1. The van der Waals surface area contributed by atoms with Crippen molar-refractivity contribution in [3.05, 3.63) is 71.3 Å². The van der Waals surface area contributed by atoms with Crippen molar-refractivity contribution in [2.24, 2.45) is 0 Å². The van der Waals surface area contributed by atoms with E-state index in [4.69, 9.17) is 25.8 Å². The van der Waals surface area contributed by atoms with Gasteiger partial charge < -0.3 is 19.3 Å². The van der Waals surface area contributed by atoms with Gasteiger partial charge in [-0.05, 0) is 41.5 Å². The van der Waals surface area contributed by atoms with Gasteiger partial charge in [0.1, 0.15) is 37.4 Å². The minimum atomic E-state index is -0.865. The molecule has 0 saturated carbocycles. The lowest BCUT2D eigenvalue weighted by Gasteiger charge is -2.26. The molecule has 0 amide bonds. The quantitative estimate of drug-likeness (QED) is 0.577. The summed E-state index contributed by atoms with van der Waals surface area (Å²) < 4.78 is 15.9. The minimum Gasteiger partial charge on any atom is -0.491 e. The van der Waals surface area contributed by atoms with Gasteiger partial charge in [0.05, 0.1) is 0 Å². The van der Waals surface area contributed by atoms with Gasteiger partial charge in [0.2, 0.25) is 0 Å². The van der Waals surface area contributed by atoms with E-state index in [-0.39, 0.29) is 18.6 Å². The van der Waals surface area contributed by atoms with Crippen LogP contribution in [0.4, 0.5) is 0 Å². The van der Waals surface area contributed by atoms with Gasteiger partial charge in [0, 0.05) is 17.9 Å². The van der Waals surface area contributed by atoms with Crippen LogP contribution in [0.5, 0.6) is 11.5 Å². The number of benzene rings is 2. The number of carbonyl (C=O) groups excluding carboxylic acids is 1. The first-order valence-electron chi connectivity index (χ1n) is 9.36. The molecule has 156 valence electrons. The summed E-state index contributed by atoms with van der Waals surface area (Å²) in [5.41, 5.74) is 3.51. The van der Waals surface area contributed by atoms with Crippen molar-refractivity contribution in [1.82, 2.24) is 0 Å². The first-order chi connectivity index (χ1) is 13.8.